The van der Waals surface area contributed by atoms with Crippen LogP contribution in [0.2, 0.25) is 0 Å². The van der Waals surface area contributed by atoms with Crippen molar-refractivity contribution in [2.75, 3.05) is 0 Å². The molecule has 0 aliphatic carbocycles. The largest absolute Gasteiger partial charge is 0.435 e. The Hall–Kier alpha value is -2.58. The Morgan fingerprint density at radius 2 is 1.96 bits per heavy atom. The molecule has 0 aliphatic rings. The van der Waals surface area contributed by atoms with Gasteiger partial charge in [0, 0.05) is 36.0 Å². The molecule has 25 heavy (non-hydrogen) atoms. The molecule has 0 radical (unpaired) electrons. The summed E-state index contributed by atoms with van der Waals surface area (Å²) in [7, 11) is 0. The smallest absolute Gasteiger partial charge is 0.294 e. The minimum atomic E-state index is -4.47. The third-order valence-corrected chi connectivity index (χ3v) is 4.18. The zero-order valence-electron chi connectivity index (χ0n) is 14.1. The Morgan fingerprint density at radius 3 is 2.56 bits per heavy atom. The Kier molecular flexibility index (Phi) is 4.18. The van der Waals surface area contributed by atoms with Gasteiger partial charge in [-0.25, -0.2) is 9.50 Å². The fraction of sp³-hybridized carbons (Fsp3) is 0.438. The van der Waals surface area contributed by atoms with E-state index in [0.29, 0.717) is 23.5 Å². The highest BCUT2D eigenvalue weighted by atomic mass is 19.4. The summed E-state index contributed by atoms with van der Waals surface area (Å²) in [5.41, 5.74) is 2.18. The van der Waals surface area contributed by atoms with Crippen LogP contribution in [-0.4, -0.2) is 24.4 Å². The van der Waals surface area contributed by atoms with Gasteiger partial charge in [0.05, 0.1) is 5.69 Å². The monoisotopic (exact) mass is 353 g/mol. The van der Waals surface area contributed by atoms with E-state index in [4.69, 9.17) is 0 Å². The fourth-order valence-corrected chi connectivity index (χ4v) is 2.89. The molecule has 3 aromatic heterocycles. The normalized spacial score (nSPS) is 12.2. The van der Waals surface area contributed by atoms with E-state index in [1.165, 1.54) is 15.3 Å². The van der Waals surface area contributed by atoms with Gasteiger partial charge in [0.15, 0.2) is 11.3 Å². The molecule has 3 aromatic rings. The van der Waals surface area contributed by atoms with Crippen molar-refractivity contribution in [2.24, 2.45) is 0 Å². The van der Waals surface area contributed by atoms with E-state index in [0.717, 1.165) is 23.7 Å². The van der Waals surface area contributed by atoms with E-state index in [-0.39, 0.29) is 12.1 Å². The van der Waals surface area contributed by atoms with Crippen molar-refractivity contribution in [1.82, 2.24) is 24.4 Å². The maximum atomic E-state index is 12.7. The molecule has 1 N–H and O–H groups in total. The van der Waals surface area contributed by atoms with E-state index in [1.807, 2.05) is 13.8 Å². The molecule has 3 rings (SSSR count). The van der Waals surface area contributed by atoms with E-state index in [2.05, 4.69) is 15.2 Å². The van der Waals surface area contributed by atoms with Gasteiger partial charge < -0.3 is 0 Å². The third-order valence-electron chi connectivity index (χ3n) is 4.18. The molecule has 0 aliphatic heterocycles. The third kappa shape index (κ3) is 3.18. The molecule has 0 saturated heterocycles. The number of aromatic amines is 1. The van der Waals surface area contributed by atoms with Gasteiger partial charge in [-0.15, -0.1) is 0 Å². The maximum absolute atomic E-state index is 12.7. The van der Waals surface area contributed by atoms with Crippen molar-refractivity contribution in [1.29, 1.82) is 0 Å². The number of H-pyrrole nitrogens is 1. The summed E-state index contributed by atoms with van der Waals surface area (Å²) < 4.78 is 40.8. The lowest BCUT2D eigenvalue weighted by molar-refractivity contribution is -0.141. The molecule has 0 spiro atoms. The van der Waals surface area contributed by atoms with E-state index >= 15 is 0 Å². The molecule has 0 aromatic carbocycles. The van der Waals surface area contributed by atoms with Crippen molar-refractivity contribution in [3.8, 4) is 0 Å². The lowest BCUT2D eigenvalue weighted by Gasteiger charge is -2.05. The average molecular weight is 353 g/mol. The Morgan fingerprint density at radius 1 is 1.24 bits per heavy atom. The SMILES string of the molecule is CCc1c(C)[nH]n2c(=O)cc(CCn3nc(C(F)(F)F)cc3C)nc12. The lowest BCUT2D eigenvalue weighted by Crippen LogP contribution is -2.17. The molecule has 0 amide bonds. The van der Waals surface area contributed by atoms with Crippen LogP contribution in [-0.2, 0) is 25.6 Å². The first-order valence-electron chi connectivity index (χ1n) is 7.92. The Bertz CT molecular complexity index is 980. The standard InChI is InChI=1S/C16H18F3N5O/c1-4-12-10(3)21-24-14(25)8-11(20-15(12)24)5-6-23-9(2)7-13(22-23)16(17,18)19/h7-8,21H,4-6H2,1-3H3. The summed E-state index contributed by atoms with van der Waals surface area (Å²) in [6.45, 7) is 5.63. The second kappa shape index (κ2) is 6.05. The summed E-state index contributed by atoms with van der Waals surface area (Å²) in [6.07, 6.45) is -3.43. The number of hydrogen-bond acceptors (Lipinski definition) is 3. The second-order valence-electron chi connectivity index (χ2n) is 5.96. The predicted octanol–water partition coefficient (Wildman–Crippen LogP) is 2.66. The summed E-state index contributed by atoms with van der Waals surface area (Å²) >= 11 is 0. The van der Waals surface area contributed by atoms with Crippen LogP contribution in [0.15, 0.2) is 16.9 Å². The van der Waals surface area contributed by atoms with Crippen molar-refractivity contribution in [3.63, 3.8) is 0 Å². The molecule has 0 unspecified atom stereocenters. The zero-order valence-corrected chi connectivity index (χ0v) is 14.1. The maximum Gasteiger partial charge on any atom is 0.435 e. The van der Waals surface area contributed by atoms with Crippen LogP contribution < -0.4 is 5.56 Å². The van der Waals surface area contributed by atoms with Crippen LogP contribution in [0.3, 0.4) is 0 Å². The van der Waals surface area contributed by atoms with Crippen molar-refractivity contribution in [3.05, 3.63) is 50.8 Å². The quantitative estimate of drug-likeness (QED) is 0.784. The van der Waals surface area contributed by atoms with E-state index < -0.39 is 11.9 Å². The first kappa shape index (κ1) is 17.2. The highest BCUT2D eigenvalue weighted by Crippen LogP contribution is 2.28. The van der Waals surface area contributed by atoms with Gasteiger partial charge in [0.2, 0.25) is 0 Å². The fourth-order valence-electron chi connectivity index (χ4n) is 2.89. The summed E-state index contributed by atoms with van der Waals surface area (Å²) in [5.74, 6) is 0. The Balaban J connectivity index is 1.89. The number of alkyl halides is 3. The zero-order chi connectivity index (χ0) is 18.4. The molecule has 3 heterocycles. The van der Waals surface area contributed by atoms with Crippen molar-refractivity contribution < 1.29 is 13.2 Å². The van der Waals surface area contributed by atoms with Gasteiger partial charge in [-0.3, -0.25) is 14.6 Å². The first-order valence-corrected chi connectivity index (χ1v) is 7.92. The molecule has 0 saturated carbocycles. The predicted molar refractivity (Wildman–Crippen MR) is 85.6 cm³/mol. The molecule has 9 heteroatoms. The minimum Gasteiger partial charge on any atom is -0.294 e. The van der Waals surface area contributed by atoms with Gasteiger partial charge >= 0.3 is 6.18 Å². The first-order chi connectivity index (χ1) is 11.7. The molecule has 6 nitrogen and oxygen atoms in total. The topological polar surface area (TPSA) is 68.0 Å². The number of nitrogens with zero attached hydrogens (tertiary/aromatic N) is 4. The second-order valence-corrected chi connectivity index (χ2v) is 5.96. The number of fused-ring (bicyclic) bond motifs is 1. The number of halogens is 3. The van der Waals surface area contributed by atoms with Crippen molar-refractivity contribution >= 4 is 5.65 Å². The van der Waals surface area contributed by atoms with Gasteiger partial charge in [-0.2, -0.15) is 18.3 Å². The number of hydrogen-bond donors (Lipinski definition) is 1. The van der Waals surface area contributed by atoms with Crippen LogP contribution in [0, 0.1) is 13.8 Å². The summed E-state index contributed by atoms with van der Waals surface area (Å²) in [5, 5.41) is 6.57. The molecular formula is C16H18F3N5O. The molecule has 0 bridgehead atoms. The highest BCUT2D eigenvalue weighted by Gasteiger charge is 2.34. The van der Waals surface area contributed by atoms with Crippen LogP contribution in [0.1, 0.15) is 35.3 Å². The number of aromatic nitrogens is 5. The summed E-state index contributed by atoms with van der Waals surface area (Å²) in [6, 6.07) is 2.40. The molecule has 0 fully saturated rings. The summed E-state index contributed by atoms with van der Waals surface area (Å²) in [4.78, 5) is 16.7. The van der Waals surface area contributed by atoms with Crippen molar-refractivity contribution in [2.45, 2.75) is 46.3 Å². The minimum absolute atomic E-state index is 0.218. The van der Waals surface area contributed by atoms with Crippen LogP contribution in [0.4, 0.5) is 13.2 Å². The molecule has 134 valence electrons. The van der Waals surface area contributed by atoms with E-state index in [1.54, 1.807) is 6.92 Å². The lowest BCUT2D eigenvalue weighted by atomic mass is 10.2. The Labute approximate surface area is 141 Å². The van der Waals surface area contributed by atoms with Gasteiger partial charge in [0.1, 0.15) is 0 Å². The van der Waals surface area contributed by atoms with Gasteiger partial charge in [0.25, 0.3) is 5.56 Å². The van der Waals surface area contributed by atoms with Crippen LogP contribution >= 0.6 is 0 Å². The number of rotatable bonds is 4. The van der Waals surface area contributed by atoms with Gasteiger partial charge in [-0.05, 0) is 26.3 Å². The number of nitrogens with one attached hydrogen (secondary N) is 1. The molecular weight excluding hydrogens is 335 g/mol. The van der Waals surface area contributed by atoms with Crippen LogP contribution in [0.25, 0.3) is 5.65 Å². The van der Waals surface area contributed by atoms with Gasteiger partial charge in [-0.1, -0.05) is 6.92 Å². The number of aryl methyl sites for hydroxylation is 5. The van der Waals surface area contributed by atoms with E-state index in [9.17, 15) is 18.0 Å². The highest BCUT2D eigenvalue weighted by molar-refractivity contribution is 5.50. The van der Waals surface area contributed by atoms with Crippen LogP contribution in [0.5, 0.6) is 0 Å². The average Bonchev–Trinajstić information content (AvgIpc) is 3.05. The molecule has 0 atom stereocenters.